The van der Waals surface area contributed by atoms with E-state index in [1.807, 2.05) is 0 Å². The maximum atomic E-state index is 13.1. The van der Waals surface area contributed by atoms with Gasteiger partial charge in [-0.3, -0.25) is 4.79 Å². The fraction of sp³-hybridized carbons (Fsp3) is 0.533. The van der Waals surface area contributed by atoms with E-state index in [9.17, 15) is 9.18 Å². The largest absolute Gasteiger partial charge is 0.294 e. The molecule has 0 N–H and O–H groups in total. The lowest BCUT2D eigenvalue weighted by Crippen LogP contribution is -2.26. The van der Waals surface area contributed by atoms with Crippen molar-refractivity contribution in [3.8, 4) is 0 Å². The fourth-order valence-corrected chi connectivity index (χ4v) is 3.23. The number of benzene rings is 1. The average molecular weight is 269 g/mol. The number of hydrogen-bond acceptors (Lipinski definition) is 1. The molecule has 0 aliphatic heterocycles. The minimum atomic E-state index is -0.474. The third-order valence-corrected chi connectivity index (χ3v) is 4.04. The highest BCUT2D eigenvalue weighted by atomic mass is 35.5. The van der Waals surface area contributed by atoms with Crippen LogP contribution in [-0.4, -0.2) is 5.78 Å². The van der Waals surface area contributed by atoms with Gasteiger partial charge >= 0.3 is 0 Å². The van der Waals surface area contributed by atoms with Crippen molar-refractivity contribution >= 4 is 17.4 Å². The number of carbonyl (C=O) groups excluding carboxylic acids is 1. The minimum Gasteiger partial charge on any atom is -0.294 e. The summed E-state index contributed by atoms with van der Waals surface area (Å²) in [7, 11) is 0. The zero-order valence-corrected chi connectivity index (χ0v) is 11.5. The maximum absolute atomic E-state index is 13.1. The number of halogens is 2. The molecule has 0 saturated heterocycles. The van der Waals surface area contributed by atoms with Crippen molar-refractivity contribution in [2.75, 3.05) is 0 Å². The quantitative estimate of drug-likeness (QED) is 0.709. The van der Waals surface area contributed by atoms with Crippen LogP contribution in [-0.2, 0) is 0 Å². The Bertz CT molecular complexity index is 448. The summed E-state index contributed by atoms with van der Waals surface area (Å²) < 4.78 is 13.1. The molecule has 0 heterocycles. The third-order valence-electron chi connectivity index (χ3n) is 3.75. The summed E-state index contributed by atoms with van der Waals surface area (Å²) in [6.45, 7) is 4.38. The van der Waals surface area contributed by atoms with Crippen LogP contribution in [0.3, 0.4) is 0 Å². The molecule has 0 bridgehead atoms. The molecule has 0 aromatic heterocycles. The van der Waals surface area contributed by atoms with Gasteiger partial charge in [-0.2, -0.15) is 0 Å². The number of carbonyl (C=O) groups is 1. The first-order chi connectivity index (χ1) is 8.47. The van der Waals surface area contributed by atoms with Crippen LogP contribution in [0.4, 0.5) is 4.39 Å². The molecule has 1 aliphatic rings. The fourth-order valence-electron chi connectivity index (χ4n) is 3.05. The van der Waals surface area contributed by atoms with E-state index in [4.69, 9.17) is 11.6 Å². The van der Waals surface area contributed by atoms with Crippen LogP contribution in [0.1, 0.15) is 43.5 Å². The van der Waals surface area contributed by atoms with Gasteiger partial charge in [0.1, 0.15) is 5.82 Å². The molecule has 0 radical (unpaired) electrons. The summed E-state index contributed by atoms with van der Waals surface area (Å²) in [4.78, 5) is 12.4. The Kier molecular flexibility index (Phi) is 4.06. The number of Topliss-reactive ketones (excluding diaryl/α,β-unsaturated/α-hetero) is 1. The van der Waals surface area contributed by atoms with E-state index in [0.29, 0.717) is 17.4 Å². The summed E-state index contributed by atoms with van der Waals surface area (Å²) >= 11 is 5.73. The topological polar surface area (TPSA) is 17.1 Å². The van der Waals surface area contributed by atoms with Crippen molar-refractivity contribution in [3.05, 3.63) is 34.6 Å². The molecule has 3 heteroatoms. The van der Waals surface area contributed by atoms with Gasteiger partial charge in [0.05, 0.1) is 5.02 Å². The van der Waals surface area contributed by atoms with Crippen LogP contribution in [0.5, 0.6) is 0 Å². The highest BCUT2D eigenvalue weighted by molar-refractivity contribution is 6.31. The van der Waals surface area contributed by atoms with Gasteiger partial charge in [0.2, 0.25) is 0 Å². The van der Waals surface area contributed by atoms with Gasteiger partial charge in [-0.25, -0.2) is 4.39 Å². The van der Waals surface area contributed by atoms with Gasteiger partial charge < -0.3 is 0 Å². The molecule has 2 unspecified atom stereocenters. The first-order valence-corrected chi connectivity index (χ1v) is 6.84. The number of ketones is 1. The van der Waals surface area contributed by atoms with E-state index in [-0.39, 0.29) is 16.7 Å². The van der Waals surface area contributed by atoms with Crippen molar-refractivity contribution in [2.45, 2.75) is 33.1 Å². The Balaban J connectivity index is 2.17. The highest BCUT2D eigenvalue weighted by Crippen LogP contribution is 2.35. The predicted octanol–water partition coefficient (Wildman–Crippen LogP) is 4.73. The Morgan fingerprint density at radius 2 is 1.83 bits per heavy atom. The highest BCUT2D eigenvalue weighted by Gasteiger charge is 2.29. The van der Waals surface area contributed by atoms with Gasteiger partial charge in [-0.05, 0) is 49.3 Å². The SMILES string of the molecule is CC1CC(C)CC(C(=O)c2ccc(F)c(Cl)c2)C1. The van der Waals surface area contributed by atoms with Crippen LogP contribution in [0.15, 0.2) is 18.2 Å². The van der Waals surface area contributed by atoms with Crippen LogP contribution in [0.25, 0.3) is 0 Å². The first kappa shape index (κ1) is 13.5. The summed E-state index contributed by atoms with van der Waals surface area (Å²) in [6.07, 6.45) is 3.05. The molecular weight excluding hydrogens is 251 g/mol. The Hall–Kier alpha value is -0.890. The van der Waals surface area contributed by atoms with Gasteiger partial charge in [0.25, 0.3) is 0 Å². The summed E-state index contributed by atoms with van der Waals surface area (Å²) in [6, 6.07) is 4.25. The van der Waals surface area contributed by atoms with Gasteiger partial charge in [-0.1, -0.05) is 25.4 Å². The first-order valence-electron chi connectivity index (χ1n) is 6.46. The molecule has 98 valence electrons. The predicted molar refractivity (Wildman–Crippen MR) is 71.4 cm³/mol. The number of hydrogen-bond donors (Lipinski definition) is 0. The Labute approximate surface area is 112 Å². The smallest absolute Gasteiger partial charge is 0.166 e. The van der Waals surface area contributed by atoms with Gasteiger partial charge in [0.15, 0.2) is 5.78 Å². The second-order valence-corrected chi connectivity index (χ2v) is 6.01. The van der Waals surface area contributed by atoms with Crippen molar-refractivity contribution < 1.29 is 9.18 Å². The van der Waals surface area contributed by atoms with Crippen LogP contribution < -0.4 is 0 Å². The summed E-state index contributed by atoms with van der Waals surface area (Å²) in [5, 5.41) is 0.0257. The molecular formula is C15H18ClFO. The number of rotatable bonds is 2. The Morgan fingerprint density at radius 1 is 1.22 bits per heavy atom. The molecule has 18 heavy (non-hydrogen) atoms. The standard InChI is InChI=1S/C15H18ClFO/c1-9-5-10(2)7-12(6-9)15(18)11-3-4-14(17)13(16)8-11/h3-4,8-10,12H,5-7H2,1-2H3. The molecule has 1 nitrogen and oxygen atoms in total. The van der Waals surface area contributed by atoms with Gasteiger partial charge in [-0.15, -0.1) is 0 Å². The molecule has 1 saturated carbocycles. The lowest BCUT2D eigenvalue weighted by molar-refractivity contribution is 0.0836. The molecule has 1 aromatic rings. The van der Waals surface area contributed by atoms with E-state index in [1.54, 1.807) is 0 Å². The molecule has 0 amide bonds. The maximum Gasteiger partial charge on any atom is 0.166 e. The second-order valence-electron chi connectivity index (χ2n) is 5.61. The monoisotopic (exact) mass is 268 g/mol. The van der Waals surface area contributed by atoms with E-state index >= 15 is 0 Å². The van der Waals surface area contributed by atoms with Crippen molar-refractivity contribution in [1.29, 1.82) is 0 Å². The molecule has 1 fully saturated rings. The van der Waals surface area contributed by atoms with E-state index < -0.39 is 5.82 Å². The molecule has 2 rings (SSSR count). The summed E-state index contributed by atoms with van der Waals surface area (Å²) in [5.74, 6) is 0.858. The lowest BCUT2D eigenvalue weighted by atomic mass is 9.74. The van der Waals surface area contributed by atoms with Crippen molar-refractivity contribution in [2.24, 2.45) is 17.8 Å². The average Bonchev–Trinajstić information content (AvgIpc) is 2.30. The van der Waals surface area contributed by atoms with Crippen molar-refractivity contribution in [3.63, 3.8) is 0 Å². The zero-order chi connectivity index (χ0) is 13.3. The molecule has 1 aliphatic carbocycles. The normalized spacial score (nSPS) is 28.1. The zero-order valence-electron chi connectivity index (χ0n) is 10.7. The molecule has 1 aromatic carbocycles. The van der Waals surface area contributed by atoms with Crippen LogP contribution in [0.2, 0.25) is 5.02 Å². The second kappa shape index (κ2) is 5.40. The Morgan fingerprint density at radius 3 is 2.39 bits per heavy atom. The minimum absolute atomic E-state index is 0.0257. The van der Waals surface area contributed by atoms with E-state index in [2.05, 4.69) is 13.8 Å². The van der Waals surface area contributed by atoms with Crippen molar-refractivity contribution in [1.82, 2.24) is 0 Å². The lowest BCUT2D eigenvalue weighted by Gasteiger charge is -2.30. The van der Waals surface area contributed by atoms with Crippen LogP contribution >= 0.6 is 11.6 Å². The van der Waals surface area contributed by atoms with Crippen LogP contribution in [0, 0.1) is 23.6 Å². The molecule has 0 spiro atoms. The van der Waals surface area contributed by atoms with Gasteiger partial charge in [0, 0.05) is 11.5 Å². The van der Waals surface area contributed by atoms with E-state index in [1.165, 1.54) is 24.6 Å². The molecule has 2 atom stereocenters. The van der Waals surface area contributed by atoms with E-state index in [0.717, 1.165) is 12.8 Å². The summed E-state index contributed by atoms with van der Waals surface area (Å²) in [5.41, 5.74) is 0.535. The third kappa shape index (κ3) is 2.92.